The van der Waals surface area contributed by atoms with Crippen molar-refractivity contribution in [3.05, 3.63) is 17.0 Å². The van der Waals surface area contributed by atoms with Gasteiger partial charge >= 0.3 is 11.9 Å². The molecule has 0 amide bonds. The highest BCUT2D eigenvalue weighted by Crippen LogP contribution is 2.52. The van der Waals surface area contributed by atoms with E-state index in [-0.39, 0.29) is 12.8 Å². The normalized spacial score (nSPS) is 23.0. The molecular formula is C23H35NO5. The van der Waals surface area contributed by atoms with Crippen LogP contribution in [0.1, 0.15) is 114 Å². The van der Waals surface area contributed by atoms with Crippen molar-refractivity contribution in [1.29, 1.82) is 0 Å². The molecule has 2 aliphatic rings. The highest BCUT2D eigenvalue weighted by atomic mass is 16.6. The summed E-state index contributed by atoms with van der Waals surface area (Å²) < 4.78 is 11.2. The first-order valence-electron chi connectivity index (χ1n) is 11.0. The van der Waals surface area contributed by atoms with Gasteiger partial charge in [0.15, 0.2) is 0 Å². The summed E-state index contributed by atoms with van der Waals surface area (Å²) in [6, 6.07) is 0. The van der Waals surface area contributed by atoms with E-state index in [1.807, 2.05) is 20.8 Å². The molecule has 2 saturated carbocycles. The second-order valence-corrected chi connectivity index (χ2v) is 10.4. The minimum Gasteiger partial charge on any atom is -0.481 e. The number of rotatable bonds is 9. The summed E-state index contributed by atoms with van der Waals surface area (Å²) >= 11 is 0. The molecular weight excluding hydrogens is 370 g/mol. The summed E-state index contributed by atoms with van der Waals surface area (Å²) in [5, 5.41) is 13.7. The zero-order chi connectivity index (χ0) is 21.3. The fraction of sp³-hybridized carbons (Fsp3) is 0.783. The molecule has 3 rings (SSSR count). The predicted molar refractivity (Wildman–Crippen MR) is 109 cm³/mol. The van der Waals surface area contributed by atoms with Crippen LogP contribution < -0.4 is 0 Å². The van der Waals surface area contributed by atoms with Gasteiger partial charge < -0.3 is 14.4 Å². The van der Waals surface area contributed by atoms with Gasteiger partial charge in [0.2, 0.25) is 0 Å². The zero-order valence-corrected chi connectivity index (χ0v) is 18.4. The van der Waals surface area contributed by atoms with Gasteiger partial charge in [-0.25, -0.2) is 0 Å². The van der Waals surface area contributed by atoms with Gasteiger partial charge in [-0.2, -0.15) is 0 Å². The lowest BCUT2D eigenvalue weighted by atomic mass is 9.69. The van der Waals surface area contributed by atoms with Gasteiger partial charge in [0.1, 0.15) is 11.4 Å². The van der Waals surface area contributed by atoms with E-state index in [4.69, 9.17) is 9.26 Å². The smallest absolute Gasteiger partial charge is 0.307 e. The van der Waals surface area contributed by atoms with E-state index in [1.54, 1.807) is 0 Å². The molecule has 0 unspecified atom stereocenters. The Morgan fingerprint density at radius 1 is 1.17 bits per heavy atom. The quantitative estimate of drug-likeness (QED) is 0.555. The number of carboxylic acid groups (broad SMARTS) is 1. The van der Waals surface area contributed by atoms with Crippen LogP contribution in [0.5, 0.6) is 0 Å². The van der Waals surface area contributed by atoms with Crippen molar-refractivity contribution >= 4 is 11.9 Å². The fourth-order valence-electron chi connectivity index (χ4n) is 4.56. The SMILES string of the molecule is CC(C)CC1CC(c2onc([C@@H](CC(=O)O)CC(=O)OC(C)(C)C)c2C2CC2)C1. The number of aromatic nitrogens is 1. The maximum absolute atomic E-state index is 12.4. The van der Waals surface area contributed by atoms with Crippen LogP contribution in [0.25, 0.3) is 0 Å². The Balaban J connectivity index is 1.78. The van der Waals surface area contributed by atoms with E-state index in [0.717, 1.165) is 42.9 Å². The Morgan fingerprint density at radius 2 is 1.83 bits per heavy atom. The number of carbonyl (C=O) groups excluding carboxylic acids is 1. The van der Waals surface area contributed by atoms with Crippen LogP contribution in [0.3, 0.4) is 0 Å². The highest BCUT2D eigenvalue weighted by molar-refractivity contribution is 5.74. The molecule has 2 fully saturated rings. The first kappa shape index (κ1) is 21.8. The largest absolute Gasteiger partial charge is 0.481 e. The average molecular weight is 406 g/mol. The summed E-state index contributed by atoms with van der Waals surface area (Å²) in [4.78, 5) is 23.9. The van der Waals surface area contributed by atoms with Gasteiger partial charge in [-0.1, -0.05) is 19.0 Å². The van der Waals surface area contributed by atoms with Gasteiger partial charge in [0.05, 0.1) is 18.5 Å². The Labute approximate surface area is 173 Å². The molecule has 6 nitrogen and oxygen atoms in total. The third-order valence-electron chi connectivity index (χ3n) is 5.82. The number of nitrogens with zero attached hydrogens (tertiary/aromatic N) is 1. The fourth-order valence-corrected chi connectivity index (χ4v) is 4.56. The summed E-state index contributed by atoms with van der Waals surface area (Å²) in [7, 11) is 0. The van der Waals surface area contributed by atoms with Gasteiger partial charge in [0.25, 0.3) is 0 Å². The van der Waals surface area contributed by atoms with Gasteiger partial charge in [-0.3, -0.25) is 9.59 Å². The number of esters is 1. The van der Waals surface area contributed by atoms with Crippen LogP contribution in [0.2, 0.25) is 0 Å². The van der Waals surface area contributed by atoms with Crippen LogP contribution in [0.4, 0.5) is 0 Å². The molecule has 0 saturated heterocycles. The lowest BCUT2D eigenvalue weighted by molar-refractivity contribution is -0.155. The van der Waals surface area contributed by atoms with Crippen LogP contribution >= 0.6 is 0 Å². The molecule has 0 radical (unpaired) electrons. The molecule has 0 bridgehead atoms. The van der Waals surface area contributed by atoms with E-state index >= 15 is 0 Å². The standard InChI is InChI=1S/C23H35NO5/c1-13(2)8-14-9-17(10-14)22-20(15-6-7-15)21(24-29-22)16(11-18(25)26)12-19(27)28-23(3,4)5/h13-17H,6-12H2,1-5H3,(H,25,26)/t14?,16-,17?/m0/s1. The molecule has 2 aliphatic carbocycles. The summed E-state index contributed by atoms with van der Waals surface area (Å²) in [6.45, 7) is 9.94. The molecule has 0 spiro atoms. The average Bonchev–Trinajstić information content (AvgIpc) is 3.26. The predicted octanol–water partition coefficient (Wildman–Crippen LogP) is 5.38. The van der Waals surface area contributed by atoms with Crippen molar-refractivity contribution in [3.63, 3.8) is 0 Å². The molecule has 1 aromatic heterocycles. The Kier molecular flexibility index (Phi) is 6.39. The second-order valence-electron chi connectivity index (χ2n) is 10.4. The molecule has 0 aromatic carbocycles. The Hall–Kier alpha value is -1.85. The van der Waals surface area contributed by atoms with Gasteiger partial charge in [-0.15, -0.1) is 0 Å². The first-order valence-corrected chi connectivity index (χ1v) is 11.0. The zero-order valence-electron chi connectivity index (χ0n) is 18.4. The first-order chi connectivity index (χ1) is 13.5. The minimum atomic E-state index is -0.939. The lowest BCUT2D eigenvalue weighted by Crippen LogP contribution is -2.26. The number of carbonyl (C=O) groups is 2. The van der Waals surface area contributed by atoms with Crippen molar-refractivity contribution in [2.45, 2.75) is 103 Å². The molecule has 1 atom stereocenters. The van der Waals surface area contributed by atoms with Crippen molar-refractivity contribution < 1.29 is 24.0 Å². The van der Waals surface area contributed by atoms with Crippen LogP contribution in [-0.4, -0.2) is 27.8 Å². The van der Waals surface area contributed by atoms with Crippen LogP contribution in [0, 0.1) is 11.8 Å². The molecule has 1 aromatic rings. The van der Waals surface area contributed by atoms with E-state index in [2.05, 4.69) is 19.0 Å². The van der Waals surface area contributed by atoms with E-state index in [1.165, 1.54) is 6.42 Å². The maximum Gasteiger partial charge on any atom is 0.307 e. The second kappa shape index (κ2) is 8.49. The molecule has 0 aliphatic heterocycles. The van der Waals surface area contributed by atoms with Gasteiger partial charge in [-0.05, 0) is 70.6 Å². The summed E-state index contributed by atoms with van der Waals surface area (Å²) in [6.07, 6.45) is 5.48. The summed E-state index contributed by atoms with van der Waals surface area (Å²) in [5.41, 5.74) is 1.16. The van der Waals surface area contributed by atoms with Crippen molar-refractivity contribution in [2.24, 2.45) is 11.8 Å². The van der Waals surface area contributed by atoms with Crippen molar-refractivity contribution in [2.75, 3.05) is 0 Å². The van der Waals surface area contributed by atoms with Crippen molar-refractivity contribution in [1.82, 2.24) is 5.16 Å². The third-order valence-corrected chi connectivity index (χ3v) is 5.82. The minimum absolute atomic E-state index is 0.00983. The molecule has 1 heterocycles. The molecule has 1 N–H and O–H groups in total. The van der Waals surface area contributed by atoms with Crippen molar-refractivity contribution in [3.8, 4) is 0 Å². The summed E-state index contributed by atoms with van der Waals surface area (Å²) in [5.74, 6) is 1.30. The van der Waals surface area contributed by atoms with Crippen LogP contribution in [0.15, 0.2) is 4.52 Å². The number of hydrogen-bond donors (Lipinski definition) is 1. The van der Waals surface area contributed by atoms with E-state index in [9.17, 15) is 14.7 Å². The molecule has 6 heteroatoms. The number of aliphatic carboxylic acids is 1. The number of hydrogen-bond acceptors (Lipinski definition) is 5. The Morgan fingerprint density at radius 3 is 2.34 bits per heavy atom. The van der Waals surface area contributed by atoms with Crippen LogP contribution in [-0.2, 0) is 14.3 Å². The highest BCUT2D eigenvalue weighted by Gasteiger charge is 2.42. The topological polar surface area (TPSA) is 89.6 Å². The van der Waals surface area contributed by atoms with E-state index < -0.39 is 23.5 Å². The van der Waals surface area contributed by atoms with Gasteiger partial charge in [0, 0.05) is 17.4 Å². The third kappa shape index (κ3) is 5.83. The maximum atomic E-state index is 12.4. The monoisotopic (exact) mass is 405 g/mol. The number of ether oxygens (including phenoxy) is 1. The number of carboxylic acids is 1. The van der Waals surface area contributed by atoms with E-state index in [0.29, 0.717) is 23.4 Å². The molecule has 29 heavy (non-hydrogen) atoms. The molecule has 162 valence electrons. The lowest BCUT2D eigenvalue weighted by Gasteiger charge is -2.35. The Bertz CT molecular complexity index is 735.